The number of hydrogen-bond acceptors (Lipinski definition) is 2. The number of aliphatic imine (C=N–C) groups is 1. The third-order valence-electron chi connectivity index (χ3n) is 3.54. The van der Waals surface area contributed by atoms with Gasteiger partial charge in [0.1, 0.15) is 0 Å². The Morgan fingerprint density at radius 2 is 2.00 bits per heavy atom. The van der Waals surface area contributed by atoms with E-state index >= 15 is 0 Å². The van der Waals surface area contributed by atoms with E-state index in [4.69, 9.17) is 16.3 Å². The molecule has 0 aliphatic rings. The van der Waals surface area contributed by atoms with E-state index in [0.29, 0.717) is 19.0 Å². The minimum Gasteiger partial charge on any atom is -0.494 e. The first-order chi connectivity index (χ1) is 11.6. The van der Waals surface area contributed by atoms with E-state index in [0.717, 1.165) is 22.6 Å². The van der Waals surface area contributed by atoms with Crippen molar-refractivity contribution in [2.24, 2.45) is 4.99 Å². The first-order valence-corrected chi connectivity index (χ1v) is 8.02. The summed E-state index contributed by atoms with van der Waals surface area (Å²) in [5.41, 5.74) is 1.89. The van der Waals surface area contributed by atoms with Gasteiger partial charge in [0.05, 0.1) is 7.11 Å². The molecule has 0 saturated heterocycles. The highest BCUT2D eigenvalue weighted by molar-refractivity contribution is 6.31. The second-order valence-corrected chi connectivity index (χ2v) is 5.57. The molecule has 128 valence electrons. The van der Waals surface area contributed by atoms with Crippen LogP contribution >= 0.6 is 11.6 Å². The molecule has 2 N–H and O–H groups in total. The Balaban J connectivity index is 1.82. The van der Waals surface area contributed by atoms with Crippen molar-refractivity contribution in [3.05, 3.63) is 64.4 Å². The van der Waals surface area contributed by atoms with Gasteiger partial charge < -0.3 is 15.4 Å². The van der Waals surface area contributed by atoms with Gasteiger partial charge in [0, 0.05) is 25.2 Å². The number of methoxy groups -OCH3 is 1. The van der Waals surface area contributed by atoms with Gasteiger partial charge in [-0.3, -0.25) is 4.99 Å². The molecule has 0 aromatic heterocycles. The van der Waals surface area contributed by atoms with Crippen LogP contribution in [0, 0.1) is 5.82 Å². The van der Waals surface area contributed by atoms with Gasteiger partial charge in [-0.2, -0.15) is 0 Å². The minimum atomic E-state index is -0.376. The van der Waals surface area contributed by atoms with E-state index in [1.165, 1.54) is 13.2 Å². The van der Waals surface area contributed by atoms with Crippen molar-refractivity contribution in [2.75, 3.05) is 20.7 Å². The molecule has 0 aliphatic carbocycles. The maximum atomic E-state index is 13.7. The summed E-state index contributed by atoms with van der Waals surface area (Å²) in [5.74, 6) is 0.512. The van der Waals surface area contributed by atoms with Gasteiger partial charge in [-0.25, -0.2) is 4.39 Å². The number of benzene rings is 2. The Bertz CT molecular complexity index is 706. The second-order valence-electron chi connectivity index (χ2n) is 5.16. The van der Waals surface area contributed by atoms with E-state index in [1.54, 1.807) is 13.1 Å². The molecule has 4 nitrogen and oxygen atoms in total. The molecule has 0 fully saturated rings. The summed E-state index contributed by atoms with van der Waals surface area (Å²) in [6.07, 6.45) is 0.789. The number of nitrogens with zero attached hydrogens (tertiary/aromatic N) is 1. The molecule has 0 aliphatic heterocycles. The summed E-state index contributed by atoms with van der Waals surface area (Å²) >= 11 is 6.13. The van der Waals surface area contributed by atoms with Crippen LogP contribution in [0.25, 0.3) is 0 Å². The molecule has 2 rings (SSSR count). The Labute approximate surface area is 146 Å². The third kappa shape index (κ3) is 5.13. The van der Waals surface area contributed by atoms with Crippen LogP contribution in [0.2, 0.25) is 5.02 Å². The fourth-order valence-electron chi connectivity index (χ4n) is 2.24. The molecule has 0 amide bonds. The lowest BCUT2D eigenvalue weighted by atomic mass is 10.1. The van der Waals surface area contributed by atoms with Crippen molar-refractivity contribution in [3.8, 4) is 5.75 Å². The van der Waals surface area contributed by atoms with Crippen LogP contribution < -0.4 is 15.4 Å². The van der Waals surface area contributed by atoms with E-state index in [2.05, 4.69) is 15.6 Å². The molecular formula is C18H21ClFN3O. The Hall–Kier alpha value is -2.27. The fourth-order valence-corrected chi connectivity index (χ4v) is 2.47. The van der Waals surface area contributed by atoms with Gasteiger partial charge in [-0.1, -0.05) is 35.9 Å². The molecule has 0 radical (unpaired) electrons. The van der Waals surface area contributed by atoms with Gasteiger partial charge >= 0.3 is 0 Å². The van der Waals surface area contributed by atoms with Crippen LogP contribution in [0.15, 0.2) is 47.5 Å². The smallest absolute Gasteiger partial charge is 0.191 e. The SMILES string of the molecule is CN=C(NCCc1ccccc1Cl)NCc1ccc(OC)c(F)c1. The van der Waals surface area contributed by atoms with Crippen molar-refractivity contribution < 1.29 is 9.13 Å². The van der Waals surface area contributed by atoms with E-state index < -0.39 is 0 Å². The number of nitrogens with one attached hydrogen (secondary N) is 2. The first-order valence-electron chi connectivity index (χ1n) is 7.64. The number of hydrogen-bond donors (Lipinski definition) is 2. The molecular weight excluding hydrogens is 329 g/mol. The summed E-state index contributed by atoms with van der Waals surface area (Å²) in [5, 5.41) is 7.12. The van der Waals surface area contributed by atoms with E-state index in [-0.39, 0.29) is 11.6 Å². The van der Waals surface area contributed by atoms with Gasteiger partial charge in [-0.05, 0) is 35.7 Å². The number of halogens is 2. The molecule has 0 heterocycles. The standard InChI is InChI=1S/C18H21ClFN3O/c1-21-18(22-10-9-14-5-3-4-6-15(14)19)23-12-13-7-8-17(24-2)16(20)11-13/h3-8,11H,9-10,12H2,1-2H3,(H2,21,22,23). The van der Waals surface area contributed by atoms with Crippen LogP contribution in [0.4, 0.5) is 4.39 Å². The predicted molar refractivity (Wildman–Crippen MR) is 96.3 cm³/mol. The van der Waals surface area contributed by atoms with Crippen LogP contribution in [-0.2, 0) is 13.0 Å². The van der Waals surface area contributed by atoms with Gasteiger partial charge in [0.15, 0.2) is 17.5 Å². The zero-order valence-electron chi connectivity index (χ0n) is 13.8. The quantitative estimate of drug-likeness (QED) is 0.620. The molecule has 24 heavy (non-hydrogen) atoms. The summed E-state index contributed by atoms with van der Waals surface area (Å²) < 4.78 is 18.6. The monoisotopic (exact) mass is 349 g/mol. The Kier molecular flexibility index (Phi) is 6.88. The maximum Gasteiger partial charge on any atom is 0.191 e. The van der Waals surface area contributed by atoms with E-state index in [1.807, 2.05) is 30.3 Å². The normalized spacial score (nSPS) is 11.2. The zero-order chi connectivity index (χ0) is 17.4. The highest BCUT2D eigenvalue weighted by Crippen LogP contribution is 2.17. The molecule has 2 aromatic carbocycles. The molecule has 2 aromatic rings. The lowest BCUT2D eigenvalue weighted by molar-refractivity contribution is 0.386. The summed E-state index contributed by atoms with van der Waals surface area (Å²) in [6.45, 7) is 1.16. The Morgan fingerprint density at radius 3 is 2.67 bits per heavy atom. The van der Waals surface area contributed by atoms with Gasteiger partial charge in [0.2, 0.25) is 0 Å². The molecule has 0 spiro atoms. The lowest BCUT2D eigenvalue weighted by Crippen LogP contribution is -2.37. The largest absolute Gasteiger partial charge is 0.494 e. The van der Waals surface area contributed by atoms with Crippen molar-refractivity contribution in [2.45, 2.75) is 13.0 Å². The first kappa shape index (κ1) is 18.1. The van der Waals surface area contributed by atoms with Crippen molar-refractivity contribution in [1.29, 1.82) is 0 Å². The molecule has 0 atom stereocenters. The summed E-state index contributed by atoms with van der Waals surface area (Å²) in [7, 11) is 3.14. The summed E-state index contributed by atoms with van der Waals surface area (Å²) in [4.78, 5) is 4.16. The number of rotatable bonds is 6. The van der Waals surface area contributed by atoms with Crippen molar-refractivity contribution in [1.82, 2.24) is 10.6 Å². The van der Waals surface area contributed by atoms with Crippen molar-refractivity contribution in [3.63, 3.8) is 0 Å². The van der Waals surface area contributed by atoms with Gasteiger partial charge in [-0.15, -0.1) is 0 Å². The average Bonchev–Trinajstić information content (AvgIpc) is 2.59. The lowest BCUT2D eigenvalue weighted by Gasteiger charge is -2.13. The van der Waals surface area contributed by atoms with Gasteiger partial charge in [0.25, 0.3) is 0 Å². The third-order valence-corrected chi connectivity index (χ3v) is 3.91. The summed E-state index contributed by atoms with van der Waals surface area (Å²) in [6, 6.07) is 12.6. The number of ether oxygens (including phenoxy) is 1. The molecule has 0 saturated carbocycles. The zero-order valence-corrected chi connectivity index (χ0v) is 14.5. The maximum absolute atomic E-state index is 13.7. The molecule has 0 unspecified atom stereocenters. The topological polar surface area (TPSA) is 45.7 Å². The Morgan fingerprint density at radius 1 is 1.21 bits per heavy atom. The predicted octanol–water partition coefficient (Wildman–Crippen LogP) is 3.40. The molecule has 0 bridgehead atoms. The highest BCUT2D eigenvalue weighted by Gasteiger charge is 2.05. The highest BCUT2D eigenvalue weighted by atomic mass is 35.5. The molecule has 6 heteroatoms. The van der Waals surface area contributed by atoms with Crippen molar-refractivity contribution >= 4 is 17.6 Å². The average molecular weight is 350 g/mol. The van der Waals surface area contributed by atoms with Crippen LogP contribution in [-0.4, -0.2) is 26.7 Å². The van der Waals surface area contributed by atoms with Crippen LogP contribution in [0.3, 0.4) is 0 Å². The van der Waals surface area contributed by atoms with Crippen LogP contribution in [0.5, 0.6) is 5.75 Å². The van der Waals surface area contributed by atoms with Crippen LogP contribution in [0.1, 0.15) is 11.1 Å². The minimum absolute atomic E-state index is 0.237. The van der Waals surface area contributed by atoms with E-state index in [9.17, 15) is 4.39 Å². The fraction of sp³-hybridized carbons (Fsp3) is 0.278. The number of guanidine groups is 1. The second kappa shape index (κ2) is 9.13.